The lowest BCUT2D eigenvalue weighted by Crippen LogP contribution is -2.07. The van der Waals surface area contributed by atoms with Crippen molar-refractivity contribution in [3.63, 3.8) is 0 Å². The first-order chi connectivity index (χ1) is 8.67. The average molecular weight is 248 g/mol. The van der Waals surface area contributed by atoms with E-state index in [-0.39, 0.29) is 12.1 Å². The van der Waals surface area contributed by atoms with E-state index in [0.717, 1.165) is 0 Å². The first-order valence-corrected chi connectivity index (χ1v) is 5.26. The number of hydrogen-bond acceptors (Lipinski definition) is 6. The number of benzene rings is 1. The monoisotopic (exact) mass is 248 g/mol. The van der Waals surface area contributed by atoms with E-state index in [0.29, 0.717) is 22.6 Å². The molecule has 0 spiro atoms. The zero-order valence-corrected chi connectivity index (χ0v) is 10.0. The molecule has 2 N–H and O–H groups in total. The van der Waals surface area contributed by atoms with E-state index in [9.17, 15) is 4.79 Å². The highest BCUT2D eigenvalue weighted by molar-refractivity contribution is 5.98. The summed E-state index contributed by atoms with van der Waals surface area (Å²) in [6.45, 7) is 0.157. The minimum atomic E-state index is -0.929. The van der Waals surface area contributed by atoms with Crippen LogP contribution in [0.3, 0.4) is 0 Å². The van der Waals surface area contributed by atoms with Gasteiger partial charge in [0.25, 0.3) is 0 Å². The summed E-state index contributed by atoms with van der Waals surface area (Å²) in [4.78, 5) is 11.7. The molecule has 1 atom stereocenters. The molecule has 2 rings (SSSR count). The van der Waals surface area contributed by atoms with E-state index < -0.39 is 12.1 Å². The summed E-state index contributed by atoms with van der Waals surface area (Å²) in [5.41, 5.74) is 6.92. The maximum absolute atomic E-state index is 11.7. The number of cyclic esters (lactones) is 1. The van der Waals surface area contributed by atoms with E-state index >= 15 is 0 Å². The summed E-state index contributed by atoms with van der Waals surface area (Å²) in [7, 11) is 2.92. The van der Waals surface area contributed by atoms with E-state index in [1.165, 1.54) is 14.2 Å². The first-order valence-electron chi connectivity index (χ1n) is 5.26. The minimum Gasteiger partial charge on any atom is -0.496 e. The molecule has 18 heavy (non-hydrogen) atoms. The number of hydrogen-bond donors (Lipinski definition) is 1. The molecule has 1 heterocycles. The maximum atomic E-state index is 11.7. The van der Waals surface area contributed by atoms with Gasteiger partial charge in [-0.25, -0.2) is 4.79 Å². The number of nitrogens with zero attached hydrogens (tertiary/aromatic N) is 1. The third-order valence-corrected chi connectivity index (χ3v) is 2.83. The second-order valence-electron chi connectivity index (χ2n) is 3.67. The molecule has 0 aliphatic carbocycles. The van der Waals surface area contributed by atoms with Gasteiger partial charge in [-0.15, -0.1) is 0 Å². The van der Waals surface area contributed by atoms with Gasteiger partial charge in [-0.3, -0.25) is 0 Å². The summed E-state index contributed by atoms with van der Waals surface area (Å²) in [6.07, 6.45) is -0.929. The lowest BCUT2D eigenvalue weighted by Gasteiger charge is -2.14. The average Bonchev–Trinajstić information content (AvgIpc) is 2.72. The molecule has 0 saturated carbocycles. The molecule has 0 bridgehead atoms. The fourth-order valence-corrected chi connectivity index (χ4v) is 2.04. The quantitative estimate of drug-likeness (QED) is 0.798. The number of methoxy groups -OCH3 is 2. The molecule has 0 amide bonds. The lowest BCUT2D eigenvalue weighted by atomic mass is 9.99. The van der Waals surface area contributed by atoms with E-state index in [1.807, 2.05) is 6.07 Å². The van der Waals surface area contributed by atoms with Crippen LogP contribution in [0.1, 0.15) is 27.6 Å². The molecule has 0 saturated heterocycles. The Morgan fingerprint density at radius 1 is 1.50 bits per heavy atom. The summed E-state index contributed by atoms with van der Waals surface area (Å²) in [6, 6.07) is 3.50. The molecule has 1 unspecified atom stereocenters. The number of ether oxygens (including phenoxy) is 3. The fourth-order valence-electron chi connectivity index (χ4n) is 2.04. The normalized spacial score (nSPS) is 16.8. The van der Waals surface area contributed by atoms with Gasteiger partial charge in [0.2, 0.25) is 6.10 Å². The number of nitriles is 1. The van der Waals surface area contributed by atoms with Gasteiger partial charge in [-0.1, -0.05) is 0 Å². The Balaban J connectivity index is 2.75. The molecule has 0 radical (unpaired) electrons. The highest BCUT2D eigenvalue weighted by Gasteiger charge is 2.36. The van der Waals surface area contributed by atoms with Crippen LogP contribution in [0.15, 0.2) is 6.07 Å². The van der Waals surface area contributed by atoms with Crippen molar-refractivity contribution < 1.29 is 19.0 Å². The van der Waals surface area contributed by atoms with Gasteiger partial charge in [0, 0.05) is 12.1 Å². The molecule has 1 aromatic carbocycles. The third kappa shape index (κ3) is 1.57. The molecule has 1 aliphatic heterocycles. The highest BCUT2D eigenvalue weighted by atomic mass is 16.6. The van der Waals surface area contributed by atoms with Crippen molar-refractivity contribution in [2.75, 3.05) is 14.2 Å². The Labute approximate surface area is 104 Å². The molecule has 0 aromatic heterocycles. The Bertz CT molecular complexity index is 548. The van der Waals surface area contributed by atoms with Gasteiger partial charge in [0.05, 0.1) is 19.8 Å². The molecule has 1 aliphatic rings. The van der Waals surface area contributed by atoms with Crippen molar-refractivity contribution in [2.45, 2.75) is 12.6 Å². The second-order valence-corrected chi connectivity index (χ2v) is 3.67. The second kappa shape index (κ2) is 4.55. The van der Waals surface area contributed by atoms with Crippen LogP contribution in [0.2, 0.25) is 0 Å². The Morgan fingerprint density at radius 3 is 2.72 bits per heavy atom. The zero-order chi connectivity index (χ0) is 13.3. The lowest BCUT2D eigenvalue weighted by molar-refractivity contribution is 0.0476. The molecule has 94 valence electrons. The zero-order valence-electron chi connectivity index (χ0n) is 10.0. The molecular weight excluding hydrogens is 236 g/mol. The fraction of sp³-hybridized carbons (Fsp3) is 0.333. The van der Waals surface area contributed by atoms with Gasteiger partial charge in [0.15, 0.2) is 0 Å². The van der Waals surface area contributed by atoms with Crippen molar-refractivity contribution in [3.05, 3.63) is 22.8 Å². The number of esters is 1. The van der Waals surface area contributed by atoms with Gasteiger partial charge < -0.3 is 19.9 Å². The van der Waals surface area contributed by atoms with Crippen LogP contribution < -0.4 is 15.2 Å². The summed E-state index contributed by atoms with van der Waals surface area (Å²) in [5, 5.41) is 8.95. The summed E-state index contributed by atoms with van der Waals surface area (Å²) < 4.78 is 15.4. The van der Waals surface area contributed by atoms with Crippen molar-refractivity contribution >= 4 is 5.97 Å². The molecular formula is C12H12N2O4. The van der Waals surface area contributed by atoms with Crippen LogP contribution in [-0.4, -0.2) is 20.2 Å². The van der Waals surface area contributed by atoms with Crippen LogP contribution in [0, 0.1) is 11.3 Å². The number of rotatable bonds is 3. The van der Waals surface area contributed by atoms with Crippen LogP contribution in [0.4, 0.5) is 0 Å². The summed E-state index contributed by atoms with van der Waals surface area (Å²) in [5.74, 6) is 0.215. The number of fused-ring (bicyclic) bond motifs is 1. The van der Waals surface area contributed by atoms with E-state index in [2.05, 4.69) is 0 Å². The van der Waals surface area contributed by atoms with Gasteiger partial charge in [-0.05, 0) is 6.07 Å². The largest absolute Gasteiger partial charge is 0.496 e. The molecule has 1 aromatic rings. The molecule has 6 heteroatoms. The van der Waals surface area contributed by atoms with Crippen LogP contribution in [-0.2, 0) is 11.3 Å². The van der Waals surface area contributed by atoms with Crippen molar-refractivity contribution in [1.29, 1.82) is 5.26 Å². The van der Waals surface area contributed by atoms with Crippen LogP contribution in [0.25, 0.3) is 0 Å². The Hall–Kier alpha value is -2.26. The number of nitrogens with two attached hydrogens (primary N) is 1. The predicted molar refractivity (Wildman–Crippen MR) is 61.2 cm³/mol. The van der Waals surface area contributed by atoms with Crippen molar-refractivity contribution in [1.82, 2.24) is 0 Å². The standard InChI is InChI=1S/C12H12N2O4/c1-16-8-3-6-9(5-14)18-12(15)10(6)11(17-2)7(8)4-13/h3,9H,4,13H2,1-2H3. The van der Waals surface area contributed by atoms with Crippen molar-refractivity contribution in [2.24, 2.45) is 5.73 Å². The van der Waals surface area contributed by atoms with Gasteiger partial charge in [-0.2, -0.15) is 5.26 Å². The number of carbonyl (C=O) groups is 1. The summed E-state index contributed by atoms with van der Waals surface area (Å²) >= 11 is 0. The SMILES string of the molecule is COc1cc2c(c(OC)c1CN)C(=O)OC2C#N. The van der Waals surface area contributed by atoms with Crippen LogP contribution >= 0.6 is 0 Å². The predicted octanol–water partition coefficient (Wildman–Crippen LogP) is 0.898. The van der Waals surface area contributed by atoms with E-state index in [4.69, 9.17) is 25.2 Å². The minimum absolute atomic E-state index is 0.157. The maximum Gasteiger partial charge on any atom is 0.344 e. The Kier molecular flexibility index (Phi) is 3.08. The van der Waals surface area contributed by atoms with E-state index in [1.54, 1.807) is 6.07 Å². The van der Waals surface area contributed by atoms with Gasteiger partial charge in [0.1, 0.15) is 23.1 Å². The highest BCUT2D eigenvalue weighted by Crippen LogP contribution is 2.42. The number of carbonyl (C=O) groups excluding carboxylic acids is 1. The van der Waals surface area contributed by atoms with Crippen LogP contribution in [0.5, 0.6) is 11.5 Å². The van der Waals surface area contributed by atoms with Gasteiger partial charge >= 0.3 is 5.97 Å². The smallest absolute Gasteiger partial charge is 0.344 e. The molecule has 6 nitrogen and oxygen atoms in total. The topological polar surface area (TPSA) is 94.6 Å². The molecule has 0 fully saturated rings. The third-order valence-electron chi connectivity index (χ3n) is 2.83. The Morgan fingerprint density at radius 2 is 2.22 bits per heavy atom. The van der Waals surface area contributed by atoms with Crippen molar-refractivity contribution in [3.8, 4) is 17.6 Å². The first kappa shape index (κ1) is 12.2.